The summed E-state index contributed by atoms with van der Waals surface area (Å²) in [5, 5.41) is 17.4. The Kier molecular flexibility index (Phi) is 3.63. The van der Waals surface area contributed by atoms with E-state index >= 15 is 0 Å². The lowest BCUT2D eigenvalue weighted by molar-refractivity contribution is -0.0250. The molecule has 3 N–H and O–H groups in total. The highest BCUT2D eigenvalue weighted by Gasteiger charge is 2.55. The predicted octanol–water partition coefficient (Wildman–Crippen LogP) is 2.55. The van der Waals surface area contributed by atoms with Gasteiger partial charge in [-0.3, -0.25) is 10.6 Å². The van der Waals surface area contributed by atoms with Gasteiger partial charge >= 0.3 is 0 Å². The first-order chi connectivity index (χ1) is 11.1. The molecule has 4 rings (SSSR count). The molecule has 0 radical (unpaired) electrons. The Balaban J connectivity index is 1.82. The van der Waals surface area contributed by atoms with Crippen LogP contribution in [0.3, 0.4) is 0 Å². The van der Waals surface area contributed by atoms with E-state index in [1.165, 1.54) is 50.6 Å². The highest BCUT2D eigenvalue weighted by Crippen LogP contribution is 2.60. The molecule has 3 atom stereocenters. The third kappa shape index (κ3) is 2.01. The van der Waals surface area contributed by atoms with E-state index in [-0.39, 0.29) is 0 Å². The number of nitrogens with one attached hydrogen (secondary N) is 2. The second-order valence-electron chi connectivity index (χ2n) is 8.14. The van der Waals surface area contributed by atoms with Gasteiger partial charge in [0.05, 0.1) is 0 Å². The number of rotatable bonds is 2. The SMILES string of the molecule is CNC1(NC)CC2=C(C=C1O)[C@@]13CCCC[C@@H]1[C@@H](C2)N(C)CC3. The Hall–Kier alpha value is -0.840. The number of piperidine rings is 1. The summed E-state index contributed by atoms with van der Waals surface area (Å²) in [5.41, 5.74) is 2.93. The number of likely N-dealkylation sites (tertiary alicyclic amines) is 1. The number of aliphatic hydroxyl groups excluding tert-OH is 1. The molecule has 1 heterocycles. The Labute approximate surface area is 140 Å². The van der Waals surface area contributed by atoms with Gasteiger partial charge in [-0.1, -0.05) is 18.4 Å². The highest BCUT2D eigenvalue weighted by molar-refractivity contribution is 5.46. The van der Waals surface area contributed by atoms with Gasteiger partial charge in [0.25, 0.3) is 0 Å². The summed E-state index contributed by atoms with van der Waals surface area (Å²) in [6.45, 7) is 1.20. The summed E-state index contributed by atoms with van der Waals surface area (Å²) < 4.78 is 0. The van der Waals surface area contributed by atoms with Gasteiger partial charge in [-0.05, 0) is 70.9 Å². The lowest BCUT2D eigenvalue weighted by Crippen LogP contribution is -2.61. The van der Waals surface area contributed by atoms with Crippen LogP contribution >= 0.6 is 0 Å². The maximum Gasteiger partial charge on any atom is 0.131 e. The van der Waals surface area contributed by atoms with Crippen molar-refractivity contribution in [3.8, 4) is 0 Å². The Morgan fingerprint density at radius 2 is 2.00 bits per heavy atom. The van der Waals surface area contributed by atoms with Crippen LogP contribution in [-0.4, -0.2) is 49.4 Å². The molecule has 0 aromatic carbocycles. The largest absolute Gasteiger partial charge is 0.509 e. The Bertz CT molecular complexity index is 563. The summed E-state index contributed by atoms with van der Waals surface area (Å²) in [6, 6.07) is 0.697. The average molecular weight is 317 g/mol. The molecule has 4 heteroatoms. The maximum atomic E-state index is 10.8. The van der Waals surface area contributed by atoms with E-state index < -0.39 is 5.66 Å². The van der Waals surface area contributed by atoms with E-state index in [9.17, 15) is 5.11 Å². The quantitative estimate of drug-likeness (QED) is 0.685. The van der Waals surface area contributed by atoms with E-state index in [1.807, 2.05) is 14.1 Å². The van der Waals surface area contributed by atoms with Gasteiger partial charge in [0.2, 0.25) is 0 Å². The second kappa shape index (κ2) is 5.33. The topological polar surface area (TPSA) is 47.5 Å². The van der Waals surface area contributed by atoms with Crippen molar-refractivity contribution in [2.24, 2.45) is 11.3 Å². The van der Waals surface area contributed by atoms with Crippen LogP contribution in [0, 0.1) is 11.3 Å². The van der Waals surface area contributed by atoms with Crippen molar-refractivity contribution < 1.29 is 5.11 Å². The van der Waals surface area contributed by atoms with E-state index in [0.29, 0.717) is 17.2 Å². The first-order valence-electron chi connectivity index (χ1n) is 9.28. The Morgan fingerprint density at radius 1 is 1.22 bits per heavy atom. The van der Waals surface area contributed by atoms with Gasteiger partial charge in [0.1, 0.15) is 11.4 Å². The summed E-state index contributed by atoms with van der Waals surface area (Å²) in [5.74, 6) is 1.26. The van der Waals surface area contributed by atoms with Crippen molar-refractivity contribution >= 4 is 0 Å². The zero-order chi connectivity index (χ0) is 16.2. The van der Waals surface area contributed by atoms with Gasteiger partial charge in [0.15, 0.2) is 0 Å². The number of hydrogen-bond acceptors (Lipinski definition) is 4. The summed E-state index contributed by atoms with van der Waals surface area (Å²) >= 11 is 0. The van der Waals surface area contributed by atoms with Gasteiger partial charge in [-0.25, -0.2) is 0 Å². The second-order valence-corrected chi connectivity index (χ2v) is 8.14. The molecule has 4 aliphatic rings. The third-order valence-corrected chi connectivity index (χ3v) is 7.46. The smallest absolute Gasteiger partial charge is 0.131 e. The molecule has 1 saturated heterocycles. The number of aliphatic hydroxyl groups is 1. The molecule has 0 aromatic heterocycles. The van der Waals surface area contributed by atoms with Crippen LogP contribution in [0.25, 0.3) is 0 Å². The van der Waals surface area contributed by atoms with Crippen molar-refractivity contribution in [3.05, 3.63) is 23.0 Å². The summed E-state index contributed by atoms with van der Waals surface area (Å²) in [7, 11) is 6.18. The lowest BCUT2D eigenvalue weighted by Gasteiger charge is -2.60. The average Bonchev–Trinajstić information content (AvgIpc) is 2.58. The molecular formula is C19H31N3O. The van der Waals surface area contributed by atoms with Gasteiger partial charge in [0, 0.05) is 17.9 Å². The van der Waals surface area contributed by atoms with Crippen LogP contribution in [0.2, 0.25) is 0 Å². The first-order valence-corrected chi connectivity index (χ1v) is 9.28. The number of likely N-dealkylation sites (N-methyl/N-ethyl adjacent to an activating group) is 2. The first kappa shape index (κ1) is 15.7. The van der Waals surface area contributed by atoms with Crippen LogP contribution in [0.4, 0.5) is 0 Å². The zero-order valence-electron chi connectivity index (χ0n) is 14.8. The third-order valence-electron chi connectivity index (χ3n) is 7.46. The minimum Gasteiger partial charge on any atom is -0.509 e. The van der Waals surface area contributed by atoms with Crippen LogP contribution in [-0.2, 0) is 0 Å². The molecule has 1 aliphatic heterocycles. The minimum atomic E-state index is -0.482. The molecule has 0 amide bonds. The van der Waals surface area contributed by atoms with Gasteiger partial charge in [-0.2, -0.15) is 0 Å². The van der Waals surface area contributed by atoms with Gasteiger partial charge in [-0.15, -0.1) is 0 Å². The monoisotopic (exact) mass is 317 g/mol. The van der Waals surface area contributed by atoms with Crippen molar-refractivity contribution in [1.82, 2.24) is 15.5 Å². The van der Waals surface area contributed by atoms with E-state index in [2.05, 4.69) is 28.7 Å². The van der Waals surface area contributed by atoms with Gasteiger partial charge < -0.3 is 10.0 Å². The molecule has 23 heavy (non-hydrogen) atoms. The van der Waals surface area contributed by atoms with E-state index in [1.54, 1.807) is 5.57 Å². The molecule has 0 unspecified atom stereocenters. The molecular weight excluding hydrogens is 286 g/mol. The maximum absolute atomic E-state index is 10.8. The van der Waals surface area contributed by atoms with Crippen LogP contribution in [0.1, 0.15) is 44.9 Å². The van der Waals surface area contributed by atoms with Crippen molar-refractivity contribution in [3.63, 3.8) is 0 Å². The molecule has 1 saturated carbocycles. The number of allylic oxidation sites excluding steroid dienone is 2. The minimum absolute atomic E-state index is 0.338. The summed E-state index contributed by atoms with van der Waals surface area (Å²) in [6.07, 6.45) is 10.9. The zero-order valence-corrected chi connectivity index (χ0v) is 14.8. The highest BCUT2D eigenvalue weighted by atomic mass is 16.3. The number of hydrogen-bond donors (Lipinski definition) is 3. The summed E-state index contributed by atoms with van der Waals surface area (Å²) in [4.78, 5) is 2.61. The van der Waals surface area contributed by atoms with Crippen LogP contribution < -0.4 is 10.6 Å². The molecule has 2 bridgehead atoms. The lowest BCUT2D eigenvalue weighted by atomic mass is 9.51. The standard InChI is InChI=1S/C19H31N3O/c1-20-19(21-2)12-13-10-16-14-6-4-5-7-18(14,8-9-22(16)3)15(13)11-17(19)23/h11,14,16,20-21,23H,4-10,12H2,1-3H3/t14-,16-,18-/m1/s1. The predicted molar refractivity (Wildman–Crippen MR) is 93.2 cm³/mol. The van der Waals surface area contributed by atoms with Crippen molar-refractivity contribution in [2.45, 2.75) is 56.7 Å². The number of nitrogens with zero attached hydrogens (tertiary/aromatic N) is 1. The molecule has 128 valence electrons. The fourth-order valence-corrected chi connectivity index (χ4v) is 6.11. The van der Waals surface area contributed by atoms with Crippen LogP contribution in [0.5, 0.6) is 0 Å². The molecule has 0 aromatic rings. The molecule has 3 aliphatic carbocycles. The molecule has 2 fully saturated rings. The molecule has 0 spiro atoms. The van der Waals surface area contributed by atoms with E-state index in [0.717, 1.165) is 12.3 Å². The Morgan fingerprint density at radius 3 is 2.74 bits per heavy atom. The van der Waals surface area contributed by atoms with Crippen molar-refractivity contribution in [2.75, 3.05) is 27.7 Å². The van der Waals surface area contributed by atoms with Crippen LogP contribution in [0.15, 0.2) is 23.0 Å². The fourth-order valence-electron chi connectivity index (χ4n) is 6.11. The van der Waals surface area contributed by atoms with E-state index in [4.69, 9.17) is 0 Å². The normalized spacial score (nSPS) is 39.5. The molecule has 4 nitrogen and oxygen atoms in total. The van der Waals surface area contributed by atoms with Crippen molar-refractivity contribution in [1.29, 1.82) is 0 Å². The fraction of sp³-hybridized carbons (Fsp3) is 0.789.